The zero-order valence-electron chi connectivity index (χ0n) is 26.2. The molecule has 2 saturated heterocycles. The van der Waals surface area contributed by atoms with E-state index in [-0.39, 0.29) is 47.3 Å². The number of thioether (sulfide) groups is 1. The maximum atomic E-state index is 15.1. The number of carbonyl (C=O) groups excluding carboxylic acids is 2. The number of fused-ring (bicyclic) bond motifs is 1. The van der Waals surface area contributed by atoms with E-state index in [2.05, 4.69) is 5.32 Å². The molecule has 2 amide bonds. The molecule has 0 radical (unpaired) electrons. The van der Waals surface area contributed by atoms with Gasteiger partial charge in [-0.1, -0.05) is 55.2 Å². The predicted octanol–water partition coefficient (Wildman–Crippen LogP) is 6.67. The van der Waals surface area contributed by atoms with Crippen molar-refractivity contribution in [2.45, 2.75) is 82.3 Å². The predicted molar refractivity (Wildman–Crippen MR) is 178 cm³/mol. The molecule has 1 saturated carbocycles. The molecule has 5 atom stereocenters. The highest BCUT2D eigenvalue weighted by molar-refractivity contribution is 8.18. The summed E-state index contributed by atoms with van der Waals surface area (Å²) in [5, 5.41) is 4.74. The molecule has 0 unspecified atom stereocenters. The number of halogens is 4. The van der Waals surface area contributed by atoms with E-state index in [9.17, 15) is 14.0 Å². The van der Waals surface area contributed by atoms with Gasteiger partial charge in [-0.15, -0.1) is 0 Å². The number of rotatable bonds is 5. The van der Waals surface area contributed by atoms with Crippen LogP contribution >= 0.6 is 35.0 Å². The number of piperazine rings is 1. The fraction of sp³-hybridized carbons (Fsp3) is 0.500. The Morgan fingerprint density at radius 2 is 1.83 bits per heavy atom. The summed E-state index contributed by atoms with van der Waals surface area (Å²) in [6.07, 6.45) is 0.704. The topological polar surface area (TPSA) is 68.2 Å². The molecular weight excluding hydrogens is 651 g/mol. The van der Waals surface area contributed by atoms with Gasteiger partial charge in [0.15, 0.2) is 5.17 Å². The van der Waals surface area contributed by atoms with Crippen LogP contribution in [0, 0.1) is 11.7 Å². The smallest absolute Gasteiger partial charge is 0.263 e. The summed E-state index contributed by atoms with van der Waals surface area (Å²) < 4.78 is 30.1. The highest BCUT2D eigenvalue weighted by Crippen LogP contribution is 2.56. The highest BCUT2D eigenvalue weighted by Gasteiger charge is 2.55. The Labute approximate surface area is 282 Å². The third-order valence-electron chi connectivity index (χ3n) is 10.1. The molecule has 244 valence electrons. The first-order valence-corrected chi connectivity index (χ1v) is 17.4. The molecule has 46 heavy (non-hydrogen) atoms. The summed E-state index contributed by atoms with van der Waals surface area (Å²) >= 11 is 13.6. The van der Waals surface area contributed by atoms with Crippen LogP contribution in [0.5, 0.6) is 0 Å². The molecule has 0 bridgehead atoms. The molecule has 7 nitrogen and oxygen atoms in total. The summed E-state index contributed by atoms with van der Waals surface area (Å²) in [5.41, 5.74) is 1.32. The molecule has 1 aliphatic carbocycles. The minimum atomic E-state index is -1.30. The number of likely N-dealkylation sites (tertiary alicyclic amines) is 1. The van der Waals surface area contributed by atoms with Crippen molar-refractivity contribution < 1.29 is 18.4 Å². The van der Waals surface area contributed by atoms with Crippen LogP contribution in [0.3, 0.4) is 0 Å². The molecule has 1 N–H and O–H groups in total. The number of amidine groups is 1. The van der Waals surface area contributed by atoms with Crippen molar-refractivity contribution in [3.63, 3.8) is 0 Å². The first kappa shape index (κ1) is 31.9. The average molecular weight is 689 g/mol. The Morgan fingerprint density at radius 3 is 2.48 bits per heavy atom. The Hall–Kier alpha value is -2.66. The van der Waals surface area contributed by atoms with Crippen LogP contribution in [0.2, 0.25) is 10.0 Å². The molecular formula is C34H37Cl2F2N5O2S. The van der Waals surface area contributed by atoms with Crippen LogP contribution in [-0.2, 0) is 15.1 Å². The van der Waals surface area contributed by atoms with Crippen molar-refractivity contribution in [2.75, 3.05) is 19.6 Å². The lowest BCUT2D eigenvalue weighted by Crippen LogP contribution is -2.61. The van der Waals surface area contributed by atoms with E-state index < -0.39 is 29.6 Å². The third-order valence-corrected chi connectivity index (χ3v) is 11.8. The molecule has 4 aliphatic heterocycles. The lowest BCUT2D eigenvalue weighted by molar-refractivity contribution is -0.144. The number of allylic oxidation sites excluding steroid dienone is 1. The summed E-state index contributed by atoms with van der Waals surface area (Å²) in [5.74, 6) is -1.26. The first-order chi connectivity index (χ1) is 21.8. The Balaban J connectivity index is 1.27. The second-order valence-corrected chi connectivity index (χ2v) is 15.6. The van der Waals surface area contributed by atoms with Crippen LogP contribution < -0.4 is 5.32 Å². The van der Waals surface area contributed by atoms with Crippen molar-refractivity contribution in [1.82, 2.24) is 20.0 Å². The van der Waals surface area contributed by atoms with Gasteiger partial charge in [0, 0.05) is 41.8 Å². The number of hydrogen-bond acceptors (Lipinski definition) is 6. The van der Waals surface area contributed by atoms with E-state index >= 15 is 4.39 Å². The van der Waals surface area contributed by atoms with E-state index in [1.807, 2.05) is 49.6 Å². The summed E-state index contributed by atoms with van der Waals surface area (Å²) in [6.45, 7) is 9.07. The van der Waals surface area contributed by atoms with Crippen molar-refractivity contribution in [3.8, 4) is 0 Å². The van der Waals surface area contributed by atoms with E-state index in [1.54, 1.807) is 18.2 Å². The molecule has 1 spiro atoms. The van der Waals surface area contributed by atoms with Crippen molar-refractivity contribution in [3.05, 3.63) is 80.1 Å². The van der Waals surface area contributed by atoms with Gasteiger partial charge in [-0.25, -0.2) is 13.8 Å². The average Bonchev–Trinajstić information content (AvgIpc) is 3.34. The monoisotopic (exact) mass is 687 g/mol. The number of alkyl halides is 1. The number of carbonyl (C=O) groups is 2. The minimum Gasteiger partial charge on any atom is -0.335 e. The normalized spacial score (nSPS) is 30.0. The van der Waals surface area contributed by atoms with Gasteiger partial charge in [0.2, 0.25) is 5.91 Å². The van der Waals surface area contributed by atoms with Crippen LogP contribution in [0.1, 0.15) is 64.1 Å². The molecule has 4 heterocycles. The zero-order valence-corrected chi connectivity index (χ0v) is 28.5. The lowest BCUT2D eigenvalue weighted by Gasteiger charge is -2.41. The third kappa shape index (κ3) is 5.24. The van der Waals surface area contributed by atoms with Gasteiger partial charge in [0.1, 0.15) is 28.5 Å². The lowest BCUT2D eigenvalue weighted by atomic mass is 9.81. The molecule has 5 aliphatic rings. The number of nitrogens with zero attached hydrogens (tertiary/aromatic N) is 4. The van der Waals surface area contributed by atoms with Gasteiger partial charge in [-0.05, 0) is 79.8 Å². The summed E-state index contributed by atoms with van der Waals surface area (Å²) in [4.78, 5) is 39.4. The van der Waals surface area contributed by atoms with E-state index in [0.29, 0.717) is 39.4 Å². The van der Waals surface area contributed by atoms with Gasteiger partial charge in [-0.3, -0.25) is 9.59 Å². The van der Waals surface area contributed by atoms with Crippen LogP contribution in [0.4, 0.5) is 8.78 Å². The van der Waals surface area contributed by atoms with E-state index in [0.717, 1.165) is 18.4 Å². The zero-order chi connectivity index (χ0) is 32.7. The molecule has 3 fully saturated rings. The fourth-order valence-electron chi connectivity index (χ4n) is 7.46. The van der Waals surface area contributed by atoms with Gasteiger partial charge in [0.25, 0.3) is 5.91 Å². The highest BCUT2D eigenvalue weighted by atomic mass is 35.5. The van der Waals surface area contributed by atoms with E-state index in [4.69, 9.17) is 28.2 Å². The molecule has 12 heteroatoms. The molecule has 2 aromatic rings. The van der Waals surface area contributed by atoms with Crippen molar-refractivity contribution in [1.29, 1.82) is 0 Å². The van der Waals surface area contributed by atoms with Crippen LogP contribution in [0.25, 0.3) is 0 Å². The Morgan fingerprint density at radius 1 is 1.11 bits per heavy atom. The van der Waals surface area contributed by atoms with Gasteiger partial charge < -0.3 is 20.0 Å². The molecule has 2 aromatic carbocycles. The maximum absolute atomic E-state index is 15.1. The molecule has 0 aromatic heterocycles. The number of benzene rings is 2. The van der Waals surface area contributed by atoms with E-state index in [1.165, 1.54) is 28.8 Å². The first-order valence-electron chi connectivity index (χ1n) is 15.8. The quantitative estimate of drug-likeness (QED) is 0.381. The number of hydrogen-bond donors (Lipinski definition) is 1. The Bertz CT molecular complexity index is 1660. The minimum absolute atomic E-state index is 0.0132. The number of amides is 2. The maximum Gasteiger partial charge on any atom is 0.263 e. The number of nitrogens with one attached hydrogen (secondary N) is 1. The van der Waals surface area contributed by atoms with Gasteiger partial charge in [-0.2, -0.15) is 0 Å². The number of aliphatic imine (C=N–C) groups is 1. The molecule has 7 rings (SSSR count). The van der Waals surface area contributed by atoms with Crippen LogP contribution in [-0.4, -0.2) is 75.1 Å². The van der Waals surface area contributed by atoms with Crippen molar-refractivity contribution >= 4 is 51.9 Å². The Kier molecular flexibility index (Phi) is 7.98. The summed E-state index contributed by atoms with van der Waals surface area (Å²) in [6, 6.07) is 10.7. The summed E-state index contributed by atoms with van der Waals surface area (Å²) in [7, 11) is 0. The fourth-order valence-corrected chi connectivity index (χ4v) is 9.07. The SMILES string of the molecule is CC(C)C1=C(C(=O)N2C[C@H](F)C[C@H]2C(=O)N2CC3(CC3)NC[C@H]2C)SC2=N[C@@](C)(c3ccc(Cl)cc3)[C@@H](c3ccc(Cl)c(F)c3)N21. The largest absolute Gasteiger partial charge is 0.335 e. The van der Waals surface area contributed by atoms with Crippen molar-refractivity contribution in [2.24, 2.45) is 10.9 Å². The van der Waals surface area contributed by atoms with Gasteiger partial charge in [0.05, 0.1) is 17.6 Å². The van der Waals surface area contributed by atoms with Gasteiger partial charge >= 0.3 is 0 Å². The second kappa shape index (κ2) is 11.5. The standard InChI is InChI=1S/C34H37Cl2F2N5O2S/c1-18(2)27-28(31(45)41-16-23(37)14-26(41)30(44)42-17-34(11-12-34)39-15-19(42)3)46-32-40-33(4,21-6-8-22(35)9-7-21)29(43(27)32)20-5-10-24(36)25(38)13-20/h5-10,13,18-19,23,26,29,39H,11-12,14-17H2,1-4H3/t19-,23-,26+,29-,33+/m1/s1. The van der Waals surface area contributed by atoms with Crippen LogP contribution in [0.15, 0.2) is 58.1 Å². The second-order valence-electron chi connectivity index (χ2n) is 13.7.